The lowest BCUT2D eigenvalue weighted by Gasteiger charge is -2.11. The maximum Gasteiger partial charge on any atom is 0.119 e. The number of aromatic nitrogens is 2. The van der Waals surface area contributed by atoms with Crippen LogP contribution in [-0.2, 0) is 6.54 Å². The Balaban J connectivity index is 1.98. The zero-order valence-electron chi connectivity index (χ0n) is 12.3. The van der Waals surface area contributed by atoms with Crippen molar-refractivity contribution in [2.75, 3.05) is 6.54 Å². The molecule has 0 atom stereocenters. The van der Waals surface area contributed by atoms with E-state index in [0.717, 1.165) is 18.1 Å². The third-order valence-corrected chi connectivity index (χ3v) is 3.85. The first-order chi connectivity index (χ1) is 9.65. The highest BCUT2D eigenvalue weighted by molar-refractivity contribution is 7.99. The predicted molar refractivity (Wildman–Crippen MR) is 83.9 cm³/mol. The van der Waals surface area contributed by atoms with Crippen LogP contribution in [-0.4, -0.2) is 16.5 Å². The molecule has 0 spiro atoms. The molecule has 4 heteroatoms. The molecule has 1 N–H and O–H groups in total. The Morgan fingerprint density at radius 2 is 2.10 bits per heavy atom. The fraction of sp³-hybridized carbons (Fsp3) is 0.375. The standard InChI is InChI=1S/C16H21N3S/c1-12(2)9-18-10-14-4-5-15(8-13(14)3)20-16-11-17-6-7-19-16/h4-8,11-12,18H,9-10H2,1-3H3. The summed E-state index contributed by atoms with van der Waals surface area (Å²) < 4.78 is 0. The van der Waals surface area contributed by atoms with Crippen molar-refractivity contribution in [3.8, 4) is 0 Å². The van der Waals surface area contributed by atoms with Crippen LogP contribution in [0.1, 0.15) is 25.0 Å². The minimum atomic E-state index is 0.682. The molecular weight excluding hydrogens is 266 g/mol. The van der Waals surface area contributed by atoms with Crippen molar-refractivity contribution >= 4 is 11.8 Å². The molecule has 2 rings (SSSR count). The van der Waals surface area contributed by atoms with Crippen molar-refractivity contribution in [3.63, 3.8) is 0 Å². The number of benzene rings is 1. The number of aryl methyl sites for hydroxylation is 1. The van der Waals surface area contributed by atoms with Crippen LogP contribution in [0.25, 0.3) is 0 Å². The van der Waals surface area contributed by atoms with Crippen molar-refractivity contribution < 1.29 is 0 Å². The Morgan fingerprint density at radius 3 is 2.75 bits per heavy atom. The van der Waals surface area contributed by atoms with Crippen molar-refractivity contribution in [3.05, 3.63) is 47.9 Å². The van der Waals surface area contributed by atoms with Gasteiger partial charge in [0.1, 0.15) is 5.03 Å². The van der Waals surface area contributed by atoms with Gasteiger partial charge in [-0.1, -0.05) is 31.7 Å². The van der Waals surface area contributed by atoms with Crippen molar-refractivity contribution in [1.29, 1.82) is 0 Å². The van der Waals surface area contributed by atoms with E-state index in [4.69, 9.17) is 0 Å². The summed E-state index contributed by atoms with van der Waals surface area (Å²) in [6.45, 7) is 8.59. The van der Waals surface area contributed by atoms with Crippen LogP contribution < -0.4 is 5.32 Å². The lowest BCUT2D eigenvalue weighted by molar-refractivity contribution is 0.551. The fourth-order valence-electron chi connectivity index (χ4n) is 1.88. The second-order valence-corrected chi connectivity index (χ2v) is 6.35. The smallest absolute Gasteiger partial charge is 0.119 e. The van der Waals surface area contributed by atoms with Crippen LogP contribution in [0.5, 0.6) is 0 Å². The van der Waals surface area contributed by atoms with Gasteiger partial charge in [0, 0.05) is 23.8 Å². The van der Waals surface area contributed by atoms with Gasteiger partial charge in [0.05, 0.1) is 6.20 Å². The molecule has 3 nitrogen and oxygen atoms in total. The van der Waals surface area contributed by atoms with Crippen LogP contribution in [0.15, 0.2) is 46.7 Å². The van der Waals surface area contributed by atoms with Crippen molar-refractivity contribution in [2.45, 2.75) is 37.2 Å². The predicted octanol–water partition coefficient (Wildman–Crippen LogP) is 3.68. The minimum absolute atomic E-state index is 0.682. The number of hydrogen-bond donors (Lipinski definition) is 1. The summed E-state index contributed by atoms with van der Waals surface area (Å²) in [5.74, 6) is 0.682. The highest BCUT2D eigenvalue weighted by Gasteiger charge is 2.03. The fourth-order valence-corrected chi connectivity index (χ4v) is 2.72. The Morgan fingerprint density at radius 1 is 1.25 bits per heavy atom. The van der Waals surface area contributed by atoms with Crippen LogP contribution in [0.4, 0.5) is 0 Å². The summed E-state index contributed by atoms with van der Waals surface area (Å²) in [7, 11) is 0. The summed E-state index contributed by atoms with van der Waals surface area (Å²) in [6.07, 6.45) is 5.20. The van der Waals surface area contributed by atoms with E-state index < -0.39 is 0 Å². The monoisotopic (exact) mass is 287 g/mol. The van der Waals surface area contributed by atoms with Crippen molar-refractivity contribution in [2.24, 2.45) is 5.92 Å². The molecule has 0 bridgehead atoms. The molecule has 0 aliphatic heterocycles. The van der Waals surface area contributed by atoms with E-state index in [9.17, 15) is 0 Å². The quantitative estimate of drug-likeness (QED) is 0.879. The summed E-state index contributed by atoms with van der Waals surface area (Å²) in [6, 6.07) is 6.56. The van der Waals surface area contributed by atoms with E-state index in [-0.39, 0.29) is 0 Å². The van der Waals surface area contributed by atoms with E-state index in [1.165, 1.54) is 16.0 Å². The van der Waals surface area contributed by atoms with Gasteiger partial charge in [-0.3, -0.25) is 4.98 Å². The number of rotatable bonds is 6. The molecule has 20 heavy (non-hydrogen) atoms. The van der Waals surface area contributed by atoms with Crippen LogP contribution in [0.3, 0.4) is 0 Å². The van der Waals surface area contributed by atoms with E-state index in [1.807, 2.05) is 0 Å². The van der Waals surface area contributed by atoms with Gasteiger partial charge in [-0.15, -0.1) is 0 Å². The first-order valence-corrected chi connectivity index (χ1v) is 7.71. The maximum atomic E-state index is 4.28. The Labute approximate surface area is 125 Å². The SMILES string of the molecule is Cc1cc(Sc2cnccn2)ccc1CNCC(C)C. The molecular formula is C16H21N3S. The lowest BCUT2D eigenvalue weighted by Crippen LogP contribution is -2.19. The van der Waals surface area contributed by atoms with Gasteiger partial charge in [0.15, 0.2) is 0 Å². The van der Waals surface area contributed by atoms with E-state index in [1.54, 1.807) is 30.4 Å². The molecule has 0 unspecified atom stereocenters. The molecule has 0 aliphatic rings. The second-order valence-electron chi connectivity index (χ2n) is 5.26. The molecule has 0 fully saturated rings. The Kier molecular flexibility index (Phi) is 5.56. The first-order valence-electron chi connectivity index (χ1n) is 6.89. The maximum absolute atomic E-state index is 4.28. The second kappa shape index (κ2) is 7.41. The van der Waals surface area contributed by atoms with Gasteiger partial charge >= 0.3 is 0 Å². The Bertz CT molecular complexity index is 541. The number of nitrogens with one attached hydrogen (secondary N) is 1. The highest BCUT2D eigenvalue weighted by atomic mass is 32.2. The average molecular weight is 287 g/mol. The Hall–Kier alpha value is -1.39. The minimum Gasteiger partial charge on any atom is -0.312 e. The van der Waals surface area contributed by atoms with Crippen LogP contribution in [0, 0.1) is 12.8 Å². The lowest BCUT2D eigenvalue weighted by atomic mass is 10.1. The van der Waals surface area contributed by atoms with E-state index in [2.05, 4.69) is 54.3 Å². The molecule has 0 amide bonds. The molecule has 0 radical (unpaired) electrons. The zero-order valence-corrected chi connectivity index (χ0v) is 13.1. The molecule has 0 aliphatic carbocycles. The van der Waals surface area contributed by atoms with Crippen molar-refractivity contribution in [1.82, 2.24) is 15.3 Å². The van der Waals surface area contributed by atoms with Gasteiger partial charge < -0.3 is 5.32 Å². The topological polar surface area (TPSA) is 37.8 Å². The molecule has 0 saturated heterocycles. The van der Waals surface area contributed by atoms with Crippen LogP contribution in [0.2, 0.25) is 0 Å². The third kappa shape index (κ3) is 4.62. The normalized spacial score (nSPS) is 11.0. The molecule has 0 saturated carbocycles. The highest BCUT2D eigenvalue weighted by Crippen LogP contribution is 2.26. The van der Waals surface area contributed by atoms with Gasteiger partial charge in [0.25, 0.3) is 0 Å². The van der Waals surface area contributed by atoms with Gasteiger partial charge in [-0.05, 0) is 42.6 Å². The first kappa shape index (κ1) is 15.0. The zero-order chi connectivity index (χ0) is 14.4. The number of nitrogens with zero attached hydrogens (tertiary/aromatic N) is 2. The summed E-state index contributed by atoms with van der Waals surface area (Å²) >= 11 is 1.65. The summed E-state index contributed by atoms with van der Waals surface area (Å²) in [5, 5.41) is 4.41. The molecule has 1 heterocycles. The summed E-state index contributed by atoms with van der Waals surface area (Å²) in [4.78, 5) is 9.57. The van der Waals surface area contributed by atoms with Gasteiger partial charge in [-0.25, -0.2) is 4.98 Å². The largest absolute Gasteiger partial charge is 0.312 e. The van der Waals surface area contributed by atoms with Gasteiger partial charge in [0.2, 0.25) is 0 Å². The molecule has 1 aromatic heterocycles. The van der Waals surface area contributed by atoms with Crippen LogP contribution >= 0.6 is 11.8 Å². The summed E-state index contributed by atoms with van der Waals surface area (Å²) in [5.41, 5.74) is 2.67. The number of hydrogen-bond acceptors (Lipinski definition) is 4. The van der Waals surface area contributed by atoms with Gasteiger partial charge in [-0.2, -0.15) is 0 Å². The third-order valence-electron chi connectivity index (χ3n) is 2.94. The van der Waals surface area contributed by atoms with E-state index >= 15 is 0 Å². The average Bonchev–Trinajstić information content (AvgIpc) is 2.42. The molecule has 1 aromatic carbocycles. The molecule has 2 aromatic rings. The van der Waals surface area contributed by atoms with E-state index in [0.29, 0.717) is 5.92 Å². The molecule has 106 valence electrons.